The molecular weight excluding hydrogens is 672 g/mol. The highest BCUT2D eigenvalue weighted by Gasteiger charge is 2.27. The number of ketones is 1. The molecule has 15 nitrogen and oxygen atoms in total. The first-order valence-electron chi connectivity index (χ1n) is 18.3. The SMILES string of the molecule is NC(=O)CCCCCCCCC(=O)NCCCC[C@H](N)C(=O)C[C@H](Cc1c[nH]c2ccccc12)C(=O)NCC[C@@H](NC(=O)CCCC(=O)O)C(=O)O. The van der Waals surface area contributed by atoms with Crippen molar-refractivity contribution in [2.24, 2.45) is 17.4 Å². The highest BCUT2D eigenvalue weighted by atomic mass is 16.4. The molecule has 2 rings (SSSR count). The summed E-state index contributed by atoms with van der Waals surface area (Å²) < 4.78 is 0. The van der Waals surface area contributed by atoms with E-state index < -0.39 is 41.8 Å². The quantitative estimate of drug-likeness (QED) is 0.0568. The van der Waals surface area contributed by atoms with Gasteiger partial charge in [0.05, 0.1) is 6.04 Å². The molecule has 10 N–H and O–H groups in total. The summed E-state index contributed by atoms with van der Waals surface area (Å²) in [5.74, 6) is -4.77. The van der Waals surface area contributed by atoms with E-state index in [1.165, 1.54) is 0 Å². The zero-order chi connectivity index (χ0) is 38.3. The Bertz CT molecular complexity index is 1480. The zero-order valence-electron chi connectivity index (χ0n) is 30.0. The van der Waals surface area contributed by atoms with Gasteiger partial charge in [-0.05, 0) is 63.0 Å². The molecule has 0 saturated heterocycles. The van der Waals surface area contributed by atoms with Crippen LogP contribution in [-0.2, 0) is 40.0 Å². The summed E-state index contributed by atoms with van der Waals surface area (Å²) in [5, 5.41) is 27.2. The number of amides is 4. The van der Waals surface area contributed by atoms with Crippen LogP contribution in [0.3, 0.4) is 0 Å². The standard InChI is InChI=1S/C37H56N6O9/c38-28(13-9-10-20-40-33(46)16-6-4-2-1-3-5-15-32(39)45)31(44)23-25(22-26-24-42-29-14-8-7-12-27(26)29)36(50)41-21-19-30(37(51)52)43-34(47)17-11-18-35(48)49/h7-8,12,14,24-25,28,30,42H,1-6,9-11,13,15-23,38H2,(H2,39,45)(H,40,46)(H,41,50)(H,43,47)(H,48,49)(H,51,52)/t25-,28-,30+/m0/s1. The lowest BCUT2D eigenvalue weighted by Gasteiger charge is -2.20. The Balaban J connectivity index is 1.83. The Morgan fingerprint density at radius 2 is 1.40 bits per heavy atom. The number of rotatable bonds is 29. The molecular formula is C37H56N6O9. The lowest BCUT2D eigenvalue weighted by atomic mass is 9.90. The van der Waals surface area contributed by atoms with Crippen LogP contribution in [0.5, 0.6) is 0 Å². The van der Waals surface area contributed by atoms with E-state index in [2.05, 4.69) is 20.9 Å². The Labute approximate surface area is 304 Å². The number of carboxylic acid groups (broad SMARTS) is 2. The van der Waals surface area contributed by atoms with Gasteiger partial charge in [0.2, 0.25) is 23.6 Å². The van der Waals surface area contributed by atoms with E-state index in [0.717, 1.165) is 55.0 Å². The van der Waals surface area contributed by atoms with Crippen molar-refractivity contribution in [1.29, 1.82) is 0 Å². The average Bonchev–Trinajstić information content (AvgIpc) is 3.50. The second kappa shape index (κ2) is 24.4. The van der Waals surface area contributed by atoms with Crippen LogP contribution in [0.1, 0.15) is 108 Å². The van der Waals surface area contributed by atoms with Crippen LogP contribution in [-0.4, -0.2) is 81.7 Å². The number of fused-ring (bicyclic) bond motifs is 1. The number of aromatic amines is 1. The molecule has 0 radical (unpaired) electrons. The second-order valence-electron chi connectivity index (χ2n) is 13.3. The van der Waals surface area contributed by atoms with Crippen molar-refractivity contribution in [3.05, 3.63) is 36.0 Å². The van der Waals surface area contributed by atoms with E-state index in [-0.39, 0.29) is 62.7 Å². The smallest absolute Gasteiger partial charge is 0.326 e. The van der Waals surface area contributed by atoms with Gasteiger partial charge >= 0.3 is 11.9 Å². The molecule has 0 saturated carbocycles. The molecule has 3 atom stereocenters. The summed E-state index contributed by atoms with van der Waals surface area (Å²) in [6.07, 6.45) is 9.49. The van der Waals surface area contributed by atoms with Crippen LogP contribution in [0.25, 0.3) is 10.9 Å². The van der Waals surface area contributed by atoms with Crippen molar-refractivity contribution in [3.8, 4) is 0 Å². The number of aliphatic carboxylic acids is 2. The lowest BCUT2D eigenvalue weighted by molar-refractivity contribution is -0.142. The molecule has 52 heavy (non-hydrogen) atoms. The molecule has 0 bridgehead atoms. The Hall–Kier alpha value is -4.79. The van der Waals surface area contributed by atoms with Crippen LogP contribution in [0.2, 0.25) is 0 Å². The van der Waals surface area contributed by atoms with E-state index in [0.29, 0.717) is 38.6 Å². The van der Waals surface area contributed by atoms with E-state index in [9.17, 15) is 38.7 Å². The maximum Gasteiger partial charge on any atom is 0.326 e. The van der Waals surface area contributed by atoms with Crippen LogP contribution in [0.4, 0.5) is 0 Å². The van der Waals surface area contributed by atoms with Gasteiger partial charge in [-0.15, -0.1) is 0 Å². The Morgan fingerprint density at radius 1 is 0.731 bits per heavy atom. The van der Waals surface area contributed by atoms with Gasteiger partial charge < -0.3 is 42.6 Å². The van der Waals surface area contributed by atoms with Crippen molar-refractivity contribution in [2.45, 2.75) is 121 Å². The van der Waals surface area contributed by atoms with Gasteiger partial charge in [0, 0.05) is 68.2 Å². The molecule has 1 aromatic heterocycles. The largest absolute Gasteiger partial charge is 0.481 e. The molecule has 15 heteroatoms. The number of Topliss-reactive ketones (excluding diaryl/α,β-unsaturated/α-hetero) is 1. The molecule has 0 unspecified atom stereocenters. The number of primary amides is 1. The third-order valence-corrected chi connectivity index (χ3v) is 8.87. The monoisotopic (exact) mass is 728 g/mol. The van der Waals surface area contributed by atoms with Gasteiger partial charge in [0.25, 0.3) is 0 Å². The summed E-state index contributed by atoms with van der Waals surface area (Å²) >= 11 is 0. The first-order valence-corrected chi connectivity index (χ1v) is 18.3. The summed E-state index contributed by atoms with van der Waals surface area (Å²) in [4.78, 5) is 87.3. The van der Waals surface area contributed by atoms with Gasteiger partial charge in [-0.1, -0.05) is 43.9 Å². The number of benzene rings is 1. The van der Waals surface area contributed by atoms with Crippen LogP contribution >= 0.6 is 0 Å². The first-order chi connectivity index (χ1) is 24.9. The van der Waals surface area contributed by atoms with Gasteiger partial charge in [0.1, 0.15) is 11.8 Å². The molecule has 4 amide bonds. The van der Waals surface area contributed by atoms with Gasteiger partial charge in [-0.2, -0.15) is 0 Å². The number of hydrogen-bond donors (Lipinski definition) is 8. The number of hydrogen-bond acceptors (Lipinski definition) is 8. The van der Waals surface area contributed by atoms with Crippen LogP contribution in [0.15, 0.2) is 30.5 Å². The minimum Gasteiger partial charge on any atom is -0.481 e. The predicted octanol–water partition coefficient (Wildman–Crippen LogP) is 2.84. The minimum atomic E-state index is -1.29. The summed E-state index contributed by atoms with van der Waals surface area (Å²) in [6, 6.07) is 5.48. The molecule has 0 aliphatic carbocycles. The average molecular weight is 729 g/mol. The number of carboxylic acids is 2. The maximum atomic E-state index is 13.4. The highest BCUT2D eigenvalue weighted by molar-refractivity contribution is 5.91. The number of carbonyl (C=O) groups excluding carboxylic acids is 5. The lowest BCUT2D eigenvalue weighted by Crippen LogP contribution is -2.44. The maximum absolute atomic E-state index is 13.4. The summed E-state index contributed by atoms with van der Waals surface area (Å²) in [5.41, 5.74) is 13.1. The predicted molar refractivity (Wildman–Crippen MR) is 195 cm³/mol. The summed E-state index contributed by atoms with van der Waals surface area (Å²) in [7, 11) is 0. The number of unbranched alkanes of at least 4 members (excludes halogenated alkanes) is 6. The van der Waals surface area contributed by atoms with Crippen molar-refractivity contribution >= 4 is 52.3 Å². The number of carbonyl (C=O) groups is 7. The van der Waals surface area contributed by atoms with Crippen LogP contribution < -0.4 is 27.4 Å². The van der Waals surface area contributed by atoms with Crippen molar-refractivity contribution in [3.63, 3.8) is 0 Å². The zero-order valence-corrected chi connectivity index (χ0v) is 30.0. The first kappa shape index (κ1) is 43.4. The van der Waals surface area contributed by atoms with Gasteiger partial charge in [0.15, 0.2) is 0 Å². The summed E-state index contributed by atoms with van der Waals surface area (Å²) in [6.45, 7) is 0.387. The second-order valence-corrected chi connectivity index (χ2v) is 13.3. The molecule has 0 aliphatic heterocycles. The molecule has 1 heterocycles. The minimum absolute atomic E-state index is 0.0203. The fourth-order valence-corrected chi connectivity index (χ4v) is 5.88. The number of nitrogens with one attached hydrogen (secondary N) is 4. The molecule has 288 valence electrons. The Morgan fingerprint density at radius 3 is 2.10 bits per heavy atom. The van der Waals surface area contributed by atoms with Crippen molar-refractivity contribution in [2.75, 3.05) is 13.1 Å². The highest BCUT2D eigenvalue weighted by Crippen LogP contribution is 2.23. The number of aromatic nitrogens is 1. The molecule has 2 aromatic rings. The van der Waals surface area contributed by atoms with E-state index in [1.807, 2.05) is 24.3 Å². The third kappa shape index (κ3) is 17.9. The molecule has 0 aliphatic rings. The van der Waals surface area contributed by atoms with Gasteiger partial charge in [-0.25, -0.2) is 4.79 Å². The van der Waals surface area contributed by atoms with E-state index >= 15 is 0 Å². The molecule has 0 spiro atoms. The normalized spacial score (nSPS) is 12.8. The van der Waals surface area contributed by atoms with Gasteiger partial charge in [-0.3, -0.25) is 28.8 Å². The number of H-pyrrole nitrogens is 1. The number of para-hydroxylation sites is 1. The van der Waals surface area contributed by atoms with E-state index in [1.54, 1.807) is 6.20 Å². The van der Waals surface area contributed by atoms with Crippen molar-refractivity contribution in [1.82, 2.24) is 20.9 Å². The third-order valence-electron chi connectivity index (χ3n) is 8.87. The Kier molecular flexibility index (Phi) is 20.4. The topological polar surface area (TPSA) is 264 Å². The van der Waals surface area contributed by atoms with Crippen molar-refractivity contribution < 1.29 is 43.8 Å². The van der Waals surface area contributed by atoms with Crippen LogP contribution in [0, 0.1) is 5.92 Å². The van der Waals surface area contributed by atoms with E-state index in [4.69, 9.17) is 16.6 Å². The fraction of sp³-hybridized carbons (Fsp3) is 0.595. The molecule has 1 aromatic carbocycles. The fourth-order valence-electron chi connectivity index (χ4n) is 5.88. The molecule has 0 fully saturated rings. The number of nitrogens with two attached hydrogens (primary N) is 2.